The number of rotatable bonds is 5. The molecule has 2 aliphatic rings. The van der Waals surface area contributed by atoms with Gasteiger partial charge in [0.05, 0.1) is 5.69 Å². The zero-order valence-corrected chi connectivity index (χ0v) is 20.0. The molecule has 0 radical (unpaired) electrons. The third-order valence-corrected chi connectivity index (χ3v) is 7.81. The van der Waals surface area contributed by atoms with E-state index in [-0.39, 0.29) is 5.82 Å². The summed E-state index contributed by atoms with van der Waals surface area (Å²) in [5.74, 6) is 1.47. The number of carbonyl (C=O) groups excluding carboxylic acids is 1. The van der Waals surface area contributed by atoms with Crippen LogP contribution in [0.1, 0.15) is 46.3 Å². The molecule has 2 amide bonds. The van der Waals surface area contributed by atoms with Crippen LogP contribution in [-0.4, -0.2) is 54.4 Å². The van der Waals surface area contributed by atoms with Crippen molar-refractivity contribution in [2.45, 2.75) is 32.2 Å². The summed E-state index contributed by atoms with van der Waals surface area (Å²) >= 11 is 0. The monoisotopic (exact) mass is 484 g/mol. The van der Waals surface area contributed by atoms with E-state index in [0.717, 1.165) is 36.0 Å². The van der Waals surface area contributed by atoms with Gasteiger partial charge in [0.15, 0.2) is 0 Å². The Morgan fingerprint density at radius 3 is 2.42 bits per heavy atom. The topological polar surface area (TPSA) is 119 Å². The summed E-state index contributed by atoms with van der Waals surface area (Å²) in [4.78, 5) is 28.4. The largest absolute Gasteiger partial charge is 0.465 e. The molecule has 0 bridgehead atoms. The molecule has 1 saturated carbocycles. The molecular weight excluding hydrogens is 456 g/mol. The van der Waals surface area contributed by atoms with Crippen LogP contribution in [0.4, 0.5) is 4.79 Å². The average Bonchev–Trinajstić information content (AvgIpc) is 3.62. The Morgan fingerprint density at radius 2 is 1.78 bits per heavy atom. The van der Waals surface area contributed by atoms with E-state index in [4.69, 9.17) is 5.73 Å². The van der Waals surface area contributed by atoms with E-state index in [9.17, 15) is 14.7 Å². The van der Waals surface area contributed by atoms with Gasteiger partial charge in [-0.15, -0.1) is 5.10 Å². The van der Waals surface area contributed by atoms with Crippen molar-refractivity contribution in [3.63, 3.8) is 0 Å². The molecule has 2 aromatic heterocycles. The van der Waals surface area contributed by atoms with E-state index in [0.29, 0.717) is 36.7 Å². The Kier molecular flexibility index (Phi) is 5.28. The molecule has 3 heterocycles. The van der Waals surface area contributed by atoms with Gasteiger partial charge in [-0.2, -0.15) is 0 Å². The summed E-state index contributed by atoms with van der Waals surface area (Å²) in [7, 11) is 0. The molecule has 2 aromatic carbocycles. The van der Waals surface area contributed by atoms with Gasteiger partial charge in [-0.3, -0.25) is 4.79 Å². The van der Waals surface area contributed by atoms with Crippen LogP contribution in [0.2, 0.25) is 0 Å². The second-order valence-corrected chi connectivity index (χ2v) is 10.1. The van der Waals surface area contributed by atoms with Crippen LogP contribution in [0, 0.1) is 18.8 Å². The predicted octanol–water partition coefficient (Wildman–Crippen LogP) is 3.78. The number of carbonyl (C=O) groups is 2. The van der Waals surface area contributed by atoms with Gasteiger partial charge in [-0.1, -0.05) is 24.3 Å². The van der Waals surface area contributed by atoms with Gasteiger partial charge in [-0.05, 0) is 72.9 Å². The highest BCUT2D eigenvalue weighted by molar-refractivity contribution is 5.88. The van der Waals surface area contributed by atoms with Gasteiger partial charge >= 0.3 is 6.09 Å². The van der Waals surface area contributed by atoms with Crippen molar-refractivity contribution in [1.82, 2.24) is 24.2 Å². The Morgan fingerprint density at radius 1 is 1.06 bits per heavy atom. The molecule has 36 heavy (non-hydrogen) atoms. The fourth-order valence-corrected chi connectivity index (χ4v) is 6.02. The molecule has 0 unspecified atom stereocenters. The third-order valence-electron chi connectivity index (χ3n) is 7.81. The van der Waals surface area contributed by atoms with Gasteiger partial charge in [-0.25, -0.2) is 14.5 Å². The van der Waals surface area contributed by atoms with E-state index < -0.39 is 12.0 Å². The van der Waals surface area contributed by atoms with Crippen LogP contribution in [0.25, 0.3) is 16.6 Å². The third kappa shape index (κ3) is 3.90. The highest BCUT2D eigenvalue weighted by atomic mass is 16.4. The first-order valence-corrected chi connectivity index (χ1v) is 12.2. The van der Waals surface area contributed by atoms with E-state index >= 15 is 0 Å². The summed E-state index contributed by atoms with van der Waals surface area (Å²) in [6.45, 7) is 3.92. The van der Waals surface area contributed by atoms with Gasteiger partial charge in [0.25, 0.3) is 5.91 Å². The highest BCUT2D eigenvalue weighted by Gasteiger charge is 2.42. The molecule has 9 heteroatoms. The molecule has 3 N–H and O–H groups in total. The van der Waals surface area contributed by atoms with Crippen LogP contribution >= 0.6 is 0 Å². The van der Waals surface area contributed by atoms with Gasteiger partial charge < -0.3 is 20.3 Å². The smallest absolute Gasteiger partial charge is 0.407 e. The van der Waals surface area contributed by atoms with Crippen molar-refractivity contribution in [2.24, 2.45) is 17.6 Å². The minimum atomic E-state index is -0.787. The minimum Gasteiger partial charge on any atom is -0.465 e. The highest BCUT2D eigenvalue weighted by Crippen LogP contribution is 2.46. The van der Waals surface area contributed by atoms with Crippen molar-refractivity contribution in [3.05, 3.63) is 77.5 Å². The summed E-state index contributed by atoms with van der Waals surface area (Å²) in [5.41, 5.74) is 9.85. The maximum Gasteiger partial charge on any atom is 0.407 e. The van der Waals surface area contributed by atoms with Crippen molar-refractivity contribution in [1.29, 1.82) is 0 Å². The van der Waals surface area contributed by atoms with Crippen LogP contribution in [-0.2, 0) is 6.54 Å². The van der Waals surface area contributed by atoms with Gasteiger partial charge in [0.2, 0.25) is 5.82 Å². The van der Waals surface area contributed by atoms with Crippen molar-refractivity contribution < 1.29 is 14.7 Å². The number of hydrogen-bond acceptors (Lipinski definition) is 4. The van der Waals surface area contributed by atoms with Crippen molar-refractivity contribution in [3.8, 4) is 5.69 Å². The minimum absolute atomic E-state index is 0.0108. The number of hydrogen-bond donors (Lipinski definition) is 2. The maximum atomic E-state index is 11.4. The lowest BCUT2D eigenvalue weighted by Crippen LogP contribution is -2.27. The first kappa shape index (κ1) is 22.3. The second-order valence-electron chi connectivity index (χ2n) is 10.1. The number of fused-ring (bicyclic) bond motifs is 2. The Balaban J connectivity index is 1.15. The number of aryl methyl sites for hydroxylation is 1. The van der Waals surface area contributed by atoms with E-state index in [1.807, 2.05) is 12.1 Å². The SMILES string of the molecule is Cc1nc(C(N)=O)nn1-c1ccc2c(ccn2Cc2ccc([C@H]3C[C@@H]4CN(C(=O)O)C[C@@H]4C3)cc2)c1. The summed E-state index contributed by atoms with van der Waals surface area (Å²) < 4.78 is 3.85. The zero-order valence-electron chi connectivity index (χ0n) is 20.0. The van der Waals surface area contributed by atoms with Gasteiger partial charge in [0.1, 0.15) is 5.82 Å². The van der Waals surface area contributed by atoms with Gasteiger partial charge in [0, 0.05) is 36.7 Å². The molecule has 3 atom stereocenters. The number of benzene rings is 2. The van der Waals surface area contributed by atoms with Crippen LogP contribution in [0.15, 0.2) is 54.7 Å². The molecular formula is C27H28N6O3. The van der Waals surface area contributed by atoms with E-state index in [1.165, 1.54) is 11.1 Å². The molecule has 1 aliphatic heterocycles. The van der Waals surface area contributed by atoms with Crippen LogP contribution in [0.5, 0.6) is 0 Å². The zero-order chi connectivity index (χ0) is 25.0. The summed E-state index contributed by atoms with van der Waals surface area (Å²) in [6, 6.07) is 17.0. The standard InChI is InChI=1S/C27H28N6O3/c1-16-29-26(25(28)34)30-33(16)23-6-7-24-19(12-23)8-9-31(24)13-17-2-4-18(5-3-17)20-10-21-14-32(27(35)36)15-22(21)11-20/h2-9,12,20-22H,10-11,13-15H2,1H3,(H2,28,34)(H,35,36)/t20-,21+,22-. The first-order valence-electron chi connectivity index (χ1n) is 12.2. The normalized spacial score (nSPS) is 21.2. The average molecular weight is 485 g/mol. The molecule has 4 aromatic rings. The molecule has 184 valence electrons. The predicted molar refractivity (Wildman–Crippen MR) is 134 cm³/mol. The van der Waals surface area contributed by atoms with Crippen molar-refractivity contribution in [2.75, 3.05) is 13.1 Å². The molecule has 6 rings (SSSR count). The fraction of sp³-hybridized carbons (Fsp3) is 0.333. The Bertz CT molecular complexity index is 1460. The lowest BCUT2D eigenvalue weighted by atomic mass is 9.95. The molecule has 1 aliphatic carbocycles. The lowest BCUT2D eigenvalue weighted by Gasteiger charge is -2.17. The van der Waals surface area contributed by atoms with Crippen LogP contribution < -0.4 is 5.73 Å². The Hall–Kier alpha value is -4.14. The molecule has 2 fully saturated rings. The Labute approximate surface area is 208 Å². The maximum absolute atomic E-state index is 11.4. The van der Waals surface area contributed by atoms with Crippen LogP contribution in [0.3, 0.4) is 0 Å². The number of nitrogens with zero attached hydrogens (tertiary/aromatic N) is 5. The lowest BCUT2D eigenvalue weighted by molar-refractivity contribution is 0.0990. The molecule has 9 nitrogen and oxygen atoms in total. The second kappa shape index (κ2) is 8.51. The first-order chi connectivity index (χ1) is 17.4. The fourth-order valence-electron chi connectivity index (χ4n) is 6.02. The number of aromatic nitrogens is 4. The number of primary amides is 1. The summed E-state index contributed by atoms with van der Waals surface area (Å²) in [5, 5.41) is 14.6. The number of amides is 2. The van der Waals surface area contributed by atoms with Crippen molar-refractivity contribution >= 4 is 22.9 Å². The summed E-state index contributed by atoms with van der Waals surface area (Å²) in [6.07, 6.45) is 3.44. The van der Waals surface area contributed by atoms with E-state index in [1.54, 1.807) is 16.5 Å². The van der Waals surface area contributed by atoms with E-state index in [2.05, 4.69) is 57.2 Å². The quantitative estimate of drug-likeness (QED) is 0.447. The molecule has 1 saturated heterocycles. The molecule has 0 spiro atoms. The number of likely N-dealkylation sites (tertiary alicyclic amines) is 1. The number of carboxylic acid groups (broad SMARTS) is 1. The number of nitrogens with two attached hydrogens (primary N) is 1.